The molecule has 0 heterocycles. The Morgan fingerprint density at radius 1 is 1.05 bits per heavy atom. The third-order valence-electron chi connectivity index (χ3n) is 2.79. The van der Waals surface area contributed by atoms with Crippen molar-refractivity contribution in [3.8, 4) is 11.5 Å². The van der Waals surface area contributed by atoms with E-state index in [0.717, 1.165) is 0 Å². The average Bonchev–Trinajstić information content (AvgIpc) is 2.46. The number of carbonyl (C=O) groups is 2. The van der Waals surface area contributed by atoms with E-state index in [1.54, 1.807) is 6.07 Å². The van der Waals surface area contributed by atoms with Gasteiger partial charge in [-0.3, -0.25) is 9.59 Å². The predicted molar refractivity (Wildman–Crippen MR) is 74.8 cm³/mol. The van der Waals surface area contributed by atoms with Crippen molar-refractivity contribution < 1.29 is 23.8 Å². The first-order valence-corrected chi connectivity index (χ1v) is 6.42. The number of benzene rings is 1. The molecule has 1 rings (SSSR count). The fraction of sp³-hybridized carbons (Fsp3) is 0.429. The molecule has 20 heavy (non-hydrogen) atoms. The Morgan fingerprint density at radius 2 is 1.70 bits per heavy atom. The monoisotopic (exact) mass is 300 g/mol. The molecule has 0 N–H and O–H groups in total. The topological polar surface area (TPSA) is 61.8 Å². The molecule has 0 aliphatic rings. The van der Waals surface area contributed by atoms with Gasteiger partial charge in [0.25, 0.3) is 0 Å². The zero-order valence-corrected chi connectivity index (χ0v) is 12.5. The highest BCUT2D eigenvalue weighted by molar-refractivity contribution is 6.32. The van der Waals surface area contributed by atoms with Crippen LogP contribution in [-0.2, 0) is 9.53 Å². The van der Waals surface area contributed by atoms with E-state index < -0.39 is 0 Å². The lowest BCUT2D eigenvalue weighted by Gasteiger charge is -2.11. The van der Waals surface area contributed by atoms with Crippen LogP contribution in [0, 0.1) is 0 Å². The van der Waals surface area contributed by atoms with E-state index in [-0.39, 0.29) is 24.6 Å². The summed E-state index contributed by atoms with van der Waals surface area (Å²) in [5.74, 6) is 0.358. The number of methoxy groups -OCH3 is 3. The number of esters is 1. The number of ether oxygens (including phenoxy) is 3. The molecule has 0 aliphatic heterocycles. The smallest absolute Gasteiger partial charge is 0.305 e. The Bertz CT molecular complexity index is 499. The van der Waals surface area contributed by atoms with Gasteiger partial charge in [0.1, 0.15) is 11.5 Å². The van der Waals surface area contributed by atoms with E-state index in [1.165, 1.54) is 27.4 Å². The summed E-state index contributed by atoms with van der Waals surface area (Å²) in [7, 11) is 4.27. The van der Waals surface area contributed by atoms with Crippen molar-refractivity contribution in [2.45, 2.75) is 19.3 Å². The van der Waals surface area contributed by atoms with Crippen LogP contribution in [0.4, 0.5) is 0 Å². The van der Waals surface area contributed by atoms with E-state index in [4.69, 9.17) is 21.1 Å². The van der Waals surface area contributed by atoms with Crippen LogP contribution in [0.1, 0.15) is 29.6 Å². The number of ketones is 1. The maximum absolute atomic E-state index is 12.1. The zero-order valence-electron chi connectivity index (χ0n) is 11.7. The second-order valence-corrected chi connectivity index (χ2v) is 4.45. The van der Waals surface area contributed by atoms with Gasteiger partial charge in [-0.15, -0.1) is 0 Å². The summed E-state index contributed by atoms with van der Waals surface area (Å²) < 4.78 is 14.7. The molecular weight excluding hydrogens is 284 g/mol. The minimum Gasteiger partial charge on any atom is -0.496 e. The quantitative estimate of drug-likeness (QED) is 0.572. The Kier molecular flexibility index (Phi) is 6.31. The Labute approximate surface area is 122 Å². The SMILES string of the molecule is COC(=O)CCCC(=O)c1cc(Cl)c(OC)cc1OC. The Hall–Kier alpha value is -1.75. The van der Waals surface area contributed by atoms with Crippen molar-refractivity contribution in [2.75, 3.05) is 21.3 Å². The van der Waals surface area contributed by atoms with Crippen molar-refractivity contribution in [3.05, 3.63) is 22.7 Å². The highest BCUT2D eigenvalue weighted by Gasteiger charge is 2.16. The lowest BCUT2D eigenvalue weighted by atomic mass is 10.0. The van der Waals surface area contributed by atoms with Crippen molar-refractivity contribution in [3.63, 3.8) is 0 Å². The molecule has 0 saturated heterocycles. The molecule has 0 fully saturated rings. The molecule has 110 valence electrons. The van der Waals surface area contributed by atoms with E-state index in [9.17, 15) is 9.59 Å². The molecule has 1 aromatic rings. The summed E-state index contributed by atoms with van der Waals surface area (Å²) in [6, 6.07) is 3.08. The Morgan fingerprint density at radius 3 is 2.25 bits per heavy atom. The van der Waals surface area contributed by atoms with Crippen molar-refractivity contribution in [1.29, 1.82) is 0 Å². The van der Waals surface area contributed by atoms with Gasteiger partial charge in [0.15, 0.2) is 5.78 Å². The fourth-order valence-electron chi connectivity index (χ4n) is 1.71. The molecule has 0 aromatic heterocycles. The van der Waals surface area contributed by atoms with Crippen molar-refractivity contribution >= 4 is 23.4 Å². The largest absolute Gasteiger partial charge is 0.496 e. The van der Waals surface area contributed by atoms with Crippen LogP contribution in [-0.4, -0.2) is 33.1 Å². The summed E-state index contributed by atoms with van der Waals surface area (Å²) in [6.45, 7) is 0. The van der Waals surface area contributed by atoms with Gasteiger partial charge in [-0.25, -0.2) is 0 Å². The average molecular weight is 301 g/mol. The molecule has 0 bridgehead atoms. The zero-order chi connectivity index (χ0) is 15.1. The van der Waals surface area contributed by atoms with Crippen LogP contribution in [0.25, 0.3) is 0 Å². The highest BCUT2D eigenvalue weighted by Crippen LogP contribution is 2.33. The molecule has 6 heteroatoms. The maximum Gasteiger partial charge on any atom is 0.305 e. The number of rotatable bonds is 7. The van der Waals surface area contributed by atoms with Crippen LogP contribution < -0.4 is 9.47 Å². The third kappa shape index (κ3) is 4.13. The van der Waals surface area contributed by atoms with Crippen LogP contribution >= 0.6 is 11.6 Å². The first-order valence-electron chi connectivity index (χ1n) is 6.05. The fourth-order valence-corrected chi connectivity index (χ4v) is 1.95. The predicted octanol–water partition coefficient (Wildman–Crippen LogP) is 2.88. The number of Topliss-reactive ketones (excluding diaryl/α,β-unsaturated/α-hetero) is 1. The minimum absolute atomic E-state index is 0.143. The van der Waals surface area contributed by atoms with Crippen LogP contribution in [0.3, 0.4) is 0 Å². The van der Waals surface area contributed by atoms with Crippen molar-refractivity contribution in [1.82, 2.24) is 0 Å². The van der Waals surface area contributed by atoms with E-state index in [1.807, 2.05) is 0 Å². The second kappa shape index (κ2) is 7.75. The summed E-state index contributed by atoms with van der Waals surface area (Å²) >= 11 is 6.00. The van der Waals surface area contributed by atoms with Crippen molar-refractivity contribution in [2.24, 2.45) is 0 Å². The van der Waals surface area contributed by atoms with Gasteiger partial charge in [0, 0.05) is 18.9 Å². The summed E-state index contributed by atoms with van der Waals surface area (Å²) in [6.07, 6.45) is 0.834. The van der Waals surface area contributed by atoms with Gasteiger partial charge in [-0.05, 0) is 12.5 Å². The molecule has 0 atom stereocenters. The lowest BCUT2D eigenvalue weighted by molar-refractivity contribution is -0.140. The number of halogens is 1. The first-order chi connectivity index (χ1) is 9.53. The van der Waals surface area contributed by atoms with E-state index >= 15 is 0 Å². The van der Waals surface area contributed by atoms with Gasteiger partial charge in [0.2, 0.25) is 0 Å². The summed E-state index contributed by atoms with van der Waals surface area (Å²) in [4.78, 5) is 23.1. The molecular formula is C14H17ClO5. The van der Waals surface area contributed by atoms with Crippen LogP contribution in [0.5, 0.6) is 11.5 Å². The molecule has 0 aliphatic carbocycles. The number of hydrogen-bond donors (Lipinski definition) is 0. The molecule has 0 radical (unpaired) electrons. The normalized spacial score (nSPS) is 10.0. The molecule has 0 unspecified atom stereocenters. The van der Waals surface area contributed by atoms with Gasteiger partial charge < -0.3 is 14.2 Å². The molecule has 0 spiro atoms. The second-order valence-electron chi connectivity index (χ2n) is 4.04. The van der Waals surface area contributed by atoms with Crippen LogP contribution in [0.15, 0.2) is 12.1 Å². The van der Waals surface area contributed by atoms with Gasteiger partial charge >= 0.3 is 5.97 Å². The Balaban J connectivity index is 2.81. The van der Waals surface area contributed by atoms with Crippen LogP contribution in [0.2, 0.25) is 5.02 Å². The first kappa shape index (κ1) is 16.3. The standard InChI is InChI=1S/C14H17ClO5/c1-18-12-8-13(19-2)10(15)7-9(12)11(16)5-4-6-14(17)20-3/h7-8H,4-6H2,1-3H3. The summed E-state index contributed by atoms with van der Waals surface area (Å²) in [5.41, 5.74) is 0.378. The summed E-state index contributed by atoms with van der Waals surface area (Å²) in [5, 5.41) is 0.338. The van der Waals surface area contributed by atoms with Gasteiger partial charge in [0.05, 0.1) is 31.9 Å². The molecule has 0 amide bonds. The maximum atomic E-state index is 12.1. The highest BCUT2D eigenvalue weighted by atomic mass is 35.5. The third-order valence-corrected chi connectivity index (χ3v) is 3.08. The minimum atomic E-state index is -0.336. The lowest BCUT2D eigenvalue weighted by Crippen LogP contribution is -2.05. The number of carbonyl (C=O) groups excluding carboxylic acids is 2. The molecule has 0 saturated carbocycles. The molecule has 5 nitrogen and oxygen atoms in total. The van der Waals surface area contributed by atoms with E-state index in [2.05, 4.69) is 4.74 Å². The number of hydrogen-bond acceptors (Lipinski definition) is 5. The van der Waals surface area contributed by atoms with Gasteiger partial charge in [-0.1, -0.05) is 11.6 Å². The van der Waals surface area contributed by atoms with Gasteiger partial charge in [-0.2, -0.15) is 0 Å². The molecule has 1 aromatic carbocycles. The van der Waals surface area contributed by atoms with E-state index in [0.29, 0.717) is 28.5 Å².